The van der Waals surface area contributed by atoms with Gasteiger partial charge >= 0.3 is 0 Å². The third kappa shape index (κ3) is 3.03. The van der Waals surface area contributed by atoms with Crippen LogP contribution in [0, 0.1) is 10.1 Å². The Kier molecular flexibility index (Phi) is 3.96. The van der Waals surface area contributed by atoms with Crippen molar-refractivity contribution in [2.45, 2.75) is 12.5 Å². The summed E-state index contributed by atoms with van der Waals surface area (Å²) in [6.45, 7) is 0. The fraction of sp³-hybridized carbons (Fsp3) is 0.300. The fourth-order valence-electron chi connectivity index (χ4n) is 1.26. The van der Waals surface area contributed by atoms with Crippen LogP contribution in [-0.2, 0) is 4.79 Å². The highest BCUT2D eigenvalue weighted by atomic mass is 16.6. The van der Waals surface area contributed by atoms with E-state index in [1.165, 1.54) is 19.2 Å². The predicted molar refractivity (Wildman–Crippen MR) is 58.7 cm³/mol. The molecule has 3 N–H and O–H groups in total. The van der Waals surface area contributed by atoms with Crippen molar-refractivity contribution in [3.05, 3.63) is 39.9 Å². The summed E-state index contributed by atoms with van der Waals surface area (Å²) in [5, 5.41) is 12.9. The number of nitro benzene ring substituents is 1. The molecule has 0 saturated carbocycles. The van der Waals surface area contributed by atoms with Crippen molar-refractivity contribution in [1.82, 2.24) is 5.32 Å². The van der Waals surface area contributed by atoms with Gasteiger partial charge in [-0.05, 0) is 5.56 Å². The van der Waals surface area contributed by atoms with E-state index in [2.05, 4.69) is 5.32 Å². The summed E-state index contributed by atoms with van der Waals surface area (Å²) < 4.78 is 0. The summed E-state index contributed by atoms with van der Waals surface area (Å²) in [7, 11) is 1.53. The largest absolute Gasteiger partial charge is 0.359 e. The zero-order valence-corrected chi connectivity index (χ0v) is 8.84. The Labute approximate surface area is 92.6 Å². The molecule has 0 fully saturated rings. The van der Waals surface area contributed by atoms with E-state index in [1.54, 1.807) is 12.1 Å². The van der Waals surface area contributed by atoms with Gasteiger partial charge in [-0.1, -0.05) is 12.1 Å². The van der Waals surface area contributed by atoms with Crippen molar-refractivity contribution in [1.29, 1.82) is 0 Å². The summed E-state index contributed by atoms with van der Waals surface area (Å²) in [6.07, 6.45) is 0.161. The van der Waals surface area contributed by atoms with Crippen LogP contribution in [0.4, 0.5) is 5.69 Å². The molecule has 0 saturated heterocycles. The van der Waals surface area contributed by atoms with Gasteiger partial charge in [0.15, 0.2) is 0 Å². The van der Waals surface area contributed by atoms with Crippen LogP contribution in [0.5, 0.6) is 0 Å². The van der Waals surface area contributed by atoms with Crippen molar-refractivity contribution in [3.8, 4) is 0 Å². The van der Waals surface area contributed by atoms with Crippen molar-refractivity contribution in [3.63, 3.8) is 0 Å². The van der Waals surface area contributed by atoms with Gasteiger partial charge in [-0.25, -0.2) is 0 Å². The predicted octanol–water partition coefficient (Wildman–Crippen LogP) is 0.731. The lowest BCUT2D eigenvalue weighted by Gasteiger charge is -2.10. The quantitative estimate of drug-likeness (QED) is 0.580. The van der Waals surface area contributed by atoms with Crippen LogP contribution in [0.1, 0.15) is 18.0 Å². The Morgan fingerprint density at radius 3 is 2.50 bits per heavy atom. The first-order valence-corrected chi connectivity index (χ1v) is 4.75. The van der Waals surface area contributed by atoms with Gasteiger partial charge in [0.25, 0.3) is 5.69 Å². The number of nitro groups is 1. The van der Waals surface area contributed by atoms with Crippen molar-refractivity contribution in [2.24, 2.45) is 5.73 Å². The number of amides is 1. The number of non-ortho nitro benzene ring substituents is 1. The maximum atomic E-state index is 11.1. The second-order valence-corrected chi connectivity index (χ2v) is 3.33. The molecule has 0 spiro atoms. The number of carbonyl (C=O) groups is 1. The second kappa shape index (κ2) is 5.22. The molecule has 0 aliphatic heterocycles. The van der Waals surface area contributed by atoms with E-state index in [9.17, 15) is 14.9 Å². The van der Waals surface area contributed by atoms with Crippen LogP contribution in [0.15, 0.2) is 24.3 Å². The Morgan fingerprint density at radius 1 is 1.50 bits per heavy atom. The summed E-state index contributed by atoms with van der Waals surface area (Å²) >= 11 is 0. The maximum absolute atomic E-state index is 11.1. The lowest BCUT2D eigenvalue weighted by atomic mass is 10.0. The average molecular weight is 223 g/mol. The van der Waals surface area contributed by atoms with Crippen molar-refractivity contribution >= 4 is 11.6 Å². The van der Waals surface area contributed by atoms with Crippen LogP contribution < -0.4 is 11.1 Å². The molecule has 0 radical (unpaired) electrons. The fourth-order valence-corrected chi connectivity index (χ4v) is 1.26. The Bertz CT molecular complexity index is 389. The maximum Gasteiger partial charge on any atom is 0.269 e. The molecule has 16 heavy (non-hydrogen) atoms. The minimum atomic E-state index is -0.478. The summed E-state index contributed by atoms with van der Waals surface area (Å²) in [4.78, 5) is 21.0. The first-order valence-electron chi connectivity index (χ1n) is 4.75. The molecule has 86 valence electrons. The molecule has 1 rings (SSSR count). The van der Waals surface area contributed by atoms with Gasteiger partial charge in [0.2, 0.25) is 5.91 Å². The summed E-state index contributed by atoms with van der Waals surface area (Å²) in [5.41, 5.74) is 6.48. The molecule has 0 aliphatic carbocycles. The number of nitrogens with one attached hydrogen (secondary N) is 1. The topological polar surface area (TPSA) is 98.3 Å². The van der Waals surface area contributed by atoms with Crippen molar-refractivity contribution < 1.29 is 9.72 Å². The van der Waals surface area contributed by atoms with Crippen molar-refractivity contribution in [2.75, 3.05) is 7.05 Å². The number of hydrogen-bond donors (Lipinski definition) is 2. The van der Waals surface area contributed by atoms with E-state index in [1.807, 2.05) is 0 Å². The van der Waals surface area contributed by atoms with Gasteiger partial charge in [0.1, 0.15) is 0 Å². The second-order valence-electron chi connectivity index (χ2n) is 3.33. The van der Waals surface area contributed by atoms with E-state index in [-0.39, 0.29) is 18.0 Å². The third-order valence-electron chi connectivity index (χ3n) is 2.22. The van der Waals surface area contributed by atoms with Crippen LogP contribution in [0.2, 0.25) is 0 Å². The van der Waals surface area contributed by atoms with E-state index < -0.39 is 11.0 Å². The standard InChI is InChI=1S/C10H13N3O3/c1-12-10(14)6-9(11)7-2-4-8(5-3-7)13(15)16/h2-5,9H,6,11H2,1H3,(H,12,14)/t9-/m1/s1. The molecule has 0 unspecified atom stereocenters. The van der Waals surface area contributed by atoms with Crippen LogP contribution in [0.3, 0.4) is 0 Å². The van der Waals surface area contributed by atoms with E-state index in [0.29, 0.717) is 5.56 Å². The minimum absolute atomic E-state index is 0.0101. The lowest BCUT2D eigenvalue weighted by molar-refractivity contribution is -0.384. The number of nitrogens with two attached hydrogens (primary N) is 1. The first kappa shape index (κ1) is 12.1. The van der Waals surface area contributed by atoms with Gasteiger partial charge in [-0.3, -0.25) is 14.9 Å². The Hall–Kier alpha value is -1.95. The monoisotopic (exact) mass is 223 g/mol. The van der Waals surface area contributed by atoms with Crippen LogP contribution in [0.25, 0.3) is 0 Å². The molecule has 0 heterocycles. The normalized spacial score (nSPS) is 11.9. The minimum Gasteiger partial charge on any atom is -0.359 e. The van der Waals surface area contributed by atoms with Gasteiger partial charge in [-0.15, -0.1) is 0 Å². The van der Waals surface area contributed by atoms with Gasteiger partial charge in [-0.2, -0.15) is 0 Å². The number of benzene rings is 1. The zero-order valence-electron chi connectivity index (χ0n) is 8.84. The number of nitrogens with zero attached hydrogens (tertiary/aromatic N) is 1. The van der Waals surface area contributed by atoms with Crippen LogP contribution >= 0.6 is 0 Å². The zero-order chi connectivity index (χ0) is 12.1. The average Bonchev–Trinajstić information content (AvgIpc) is 2.28. The van der Waals surface area contributed by atoms with E-state index >= 15 is 0 Å². The summed E-state index contributed by atoms with van der Waals surface area (Å²) in [6, 6.07) is 5.43. The molecule has 6 nitrogen and oxygen atoms in total. The Balaban J connectivity index is 2.73. The molecule has 0 bridgehead atoms. The lowest BCUT2D eigenvalue weighted by Crippen LogP contribution is -2.24. The molecule has 1 atom stereocenters. The smallest absolute Gasteiger partial charge is 0.269 e. The highest BCUT2D eigenvalue weighted by Crippen LogP contribution is 2.18. The number of rotatable bonds is 4. The summed E-state index contributed by atoms with van der Waals surface area (Å²) in [5.74, 6) is -0.161. The first-order chi connectivity index (χ1) is 7.54. The highest BCUT2D eigenvalue weighted by molar-refractivity contribution is 5.76. The van der Waals surface area contributed by atoms with E-state index in [0.717, 1.165) is 0 Å². The molecule has 0 aromatic heterocycles. The van der Waals surface area contributed by atoms with Crippen LogP contribution in [-0.4, -0.2) is 17.9 Å². The van der Waals surface area contributed by atoms with Gasteiger partial charge in [0, 0.05) is 31.6 Å². The molecule has 1 amide bonds. The van der Waals surface area contributed by atoms with Gasteiger partial charge < -0.3 is 11.1 Å². The molecular weight excluding hydrogens is 210 g/mol. The molecule has 1 aromatic carbocycles. The molecular formula is C10H13N3O3. The number of carbonyl (C=O) groups excluding carboxylic acids is 1. The Morgan fingerprint density at radius 2 is 2.06 bits per heavy atom. The number of hydrogen-bond acceptors (Lipinski definition) is 4. The molecule has 6 heteroatoms. The highest BCUT2D eigenvalue weighted by Gasteiger charge is 2.12. The molecule has 0 aliphatic rings. The van der Waals surface area contributed by atoms with Gasteiger partial charge in [0.05, 0.1) is 4.92 Å². The third-order valence-corrected chi connectivity index (χ3v) is 2.22. The molecule has 1 aromatic rings. The SMILES string of the molecule is CNC(=O)C[C@@H](N)c1ccc([N+](=O)[O-])cc1. The van der Waals surface area contributed by atoms with E-state index in [4.69, 9.17) is 5.73 Å².